The second kappa shape index (κ2) is 9.87. The first-order valence-electron chi connectivity index (χ1n) is 9.63. The van der Waals surface area contributed by atoms with Gasteiger partial charge in [-0.25, -0.2) is 18.3 Å². The topological polar surface area (TPSA) is 68.2 Å². The fourth-order valence-electron chi connectivity index (χ4n) is 2.72. The van der Waals surface area contributed by atoms with Crippen molar-refractivity contribution in [2.75, 3.05) is 6.61 Å². The summed E-state index contributed by atoms with van der Waals surface area (Å²) in [5.74, 6) is -0.223. The van der Waals surface area contributed by atoms with E-state index in [0.29, 0.717) is 24.6 Å². The molecule has 8 heteroatoms. The number of hydrogen-bond donors (Lipinski definition) is 2. The minimum Gasteiger partial charge on any atom is -0.493 e. The van der Waals surface area contributed by atoms with E-state index in [1.165, 1.54) is 16.9 Å². The zero-order valence-electron chi connectivity index (χ0n) is 16.9. The largest absolute Gasteiger partial charge is 0.493 e. The summed E-state index contributed by atoms with van der Waals surface area (Å²) in [5, 5.41) is 9.58. The van der Waals surface area contributed by atoms with Crippen LogP contribution in [0.5, 0.6) is 5.75 Å². The number of benzene rings is 2. The van der Waals surface area contributed by atoms with E-state index in [1.807, 2.05) is 24.3 Å². The summed E-state index contributed by atoms with van der Waals surface area (Å²) in [6.07, 6.45) is 3.09. The predicted octanol–water partition coefficient (Wildman–Crippen LogP) is 4.18. The number of carbonyl (C=O) groups excluding carboxylic acids is 1. The van der Waals surface area contributed by atoms with Gasteiger partial charge in [0, 0.05) is 36.5 Å². The van der Waals surface area contributed by atoms with Crippen molar-refractivity contribution in [3.05, 3.63) is 77.6 Å². The van der Waals surface area contributed by atoms with Crippen molar-refractivity contribution in [2.24, 2.45) is 5.92 Å². The van der Waals surface area contributed by atoms with Gasteiger partial charge in [-0.1, -0.05) is 32.0 Å². The fraction of sp³-hybridized carbons (Fsp3) is 0.273. The molecule has 0 bridgehead atoms. The molecule has 0 fully saturated rings. The Hall–Kier alpha value is -3.42. The van der Waals surface area contributed by atoms with Gasteiger partial charge in [-0.2, -0.15) is 5.10 Å². The van der Waals surface area contributed by atoms with Gasteiger partial charge >= 0.3 is 6.03 Å². The zero-order chi connectivity index (χ0) is 21.5. The molecule has 0 aliphatic heterocycles. The van der Waals surface area contributed by atoms with Gasteiger partial charge in [-0.3, -0.25) is 0 Å². The van der Waals surface area contributed by atoms with Crippen LogP contribution in [-0.2, 0) is 13.1 Å². The van der Waals surface area contributed by atoms with Crippen LogP contribution in [0.1, 0.15) is 25.0 Å². The standard InChI is InChI=1S/C22H24F2N4O2/c1-15(2)14-30-21-6-4-3-5-17(21)12-26-22(29)25-10-16-11-27-28(13-16)20-8-7-18(23)9-19(20)24/h3-9,11,13,15H,10,12,14H2,1-2H3,(H2,25,26,29). The van der Waals surface area contributed by atoms with Crippen LogP contribution in [0.3, 0.4) is 0 Å². The van der Waals surface area contributed by atoms with Gasteiger partial charge in [0.15, 0.2) is 5.82 Å². The lowest BCUT2D eigenvalue weighted by molar-refractivity contribution is 0.239. The third-order valence-corrected chi connectivity index (χ3v) is 4.23. The quantitative estimate of drug-likeness (QED) is 0.581. The normalized spacial score (nSPS) is 10.8. The van der Waals surface area contributed by atoms with Gasteiger partial charge in [-0.05, 0) is 24.1 Å². The van der Waals surface area contributed by atoms with E-state index in [4.69, 9.17) is 4.74 Å². The maximum Gasteiger partial charge on any atom is 0.315 e. The van der Waals surface area contributed by atoms with Crippen molar-refractivity contribution in [3.8, 4) is 11.4 Å². The molecule has 0 spiro atoms. The highest BCUT2D eigenvalue weighted by Crippen LogP contribution is 2.18. The number of nitrogens with zero attached hydrogens (tertiary/aromatic N) is 2. The monoisotopic (exact) mass is 414 g/mol. The van der Waals surface area contributed by atoms with Crippen LogP contribution in [0, 0.1) is 17.6 Å². The van der Waals surface area contributed by atoms with Gasteiger partial charge < -0.3 is 15.4 Å². The number of rotatable bonds is 8. The average molecular weight is 414 g/mol. The molecule has 30 heavy (non-hydrogen) atoms. The van der Waals surface area contributed by atoms with E-state index < -0.39 is 11.6 Å². The van der Waals surface area contributed by atoms with Crippen LogP contribution in [-0.4, -0.2) is 22.4 Å². The summed E-state index contributed by atoms with van der Waals surface area (Å²) in [6.45, 7) is 5.27. The second-order valence-corrected chi connectivity index (χ2v) is 7.24. The molecule has 0 radical (unpaired) electrons. The third-order valence-electron chi connectivity index (χ3n) is 4.23. The average Bonchev–Trinajstić information content (AvgIpc) is 3.18. The first kappa shape index (κ1) is 21.3. The number of ether oxygens (including phenoxy) is 1. The summed E-state index contributed by atoms with van der Waals surface area (Å²) < 4.78 is 34.0. The highest BCUT2D eigenvalue weighted by atomic mass is 19.1. The Morgan fingerprint density at radius 2 is 1.90 bits per heavy atom. The van der Waals surface area contributed by atoms with Crippen LogP contribution < -0.4 is 15.4 Å². The van der Waals surface area contributed by atoms with Gasteiger partial charge in [0.2, 0.25) is 0 Å². The number of amides is 2. The molecule has 2 N–H and O–H groups in total. The van der Waals surface area contributed by atoms with Gasteiger partial charge in [-0.15, -0.1) is 0 Å². The third kappa shape index (κ3) is 5.79. The number of carbonyl (C=O) groups is 1. The fourth-order valence-corrected chi connectivity index (χ4v) is 2.72. The van der Waals surface area contributed by atoms with Crippen LogP contribution in [0.25, 0.3) is 5.69 Å². The molecule has 158 valence electrons. The van der Waals surface area contributed by atoms with Gasteiger partial charge in [0.1, 0.15) is 17.3 Å². The highest BCUT2D eigenvalue weighted by molar-refractivity contribution is 5.73. The zero-order valence-corrected chi connectivity index (χ0v) is 16.9. The molecule has 0 saturated carbocycles. The first-order valence-corrected chi connectivity index (χ1v) is 9.63. The van der Waals surface area contributed by atoms with E-state index in [2.05, 4.69) is 29.6 Å². The van der Waals surface area contributed by atoms with E-state index >= 15 is 0 Å². The molecule has 0 aliphatic carbocycles. The predicted molar refractivity (Wildman–Crippen MR) is 109 cm³/mol. The first-order chi connectivity index (χ1) is 14.4. The van der Waals surface area contributed by atoms with E-state index in [-0.39, 0.29) is 18.3 Å². The Bertz CT molecular complexity index is 1000. The van der Waals surface area contributed by atoms with Crippen molar-refractivity contribution in [2.45, 2.75) is 26.9 Å². The van der Waals surface area contributed by atoms with E-state index in [0.717, 1.165) is 23.4 Å². The Kier molecular flexibility index (Phi) is 7.00. The lowest BCUT2D eigenvalue weighted by Gasteiger charge is -2.14. The summed E-state index contributed by atoms with van der Waals surface area (Å²) in [5.41, 5.74) is 1.69. The number of nitrogens with one attached hydrogen (secondary N) is 2. The Balaban J connectivity index is 1.52. The Labute approximate surface area is 173 Å². The molecule has 2 amide bonds. The molecule has 0 saturated heterocycles. The number of aromatic nitrogens is 2. The van der Waals surface area contributed by atoms with Crippen molar-refractivity contribution >= 4 is 6.03 Å². The molecule has 3 rings (SSSR count). The number of para-hydroxylation sites is 1. The smallest absolute Gasteiger partial charge is 0.315 e. The molecular weight excluding hydrogens is 390 g/mol. The molecule has 0 unspecified atom stereocenters. The van der Waals surface area contributed by atoms with Crippen molar-refractivity contribution in [1.29, 1.82) is 0 Å². The molecule has 0 atom stereocenters. The molecule has 6 nitrogen and oxygen atoms in total. The minimum atomic E-state index is -0.714. The number of hydrogen-bond acceptors (Lipinski definition) is 3. The van der Waals surface area contributed by atoms with Crippen molar-refractivity contribution in [3.63, 3.8) is 0 Å². The van der Waals surface area contributed by atoms with Crippen molar-refractivity contribution in [1.82, 2.24) is 20.4 Å². The molecule has 3 aromatic rings. The summed E-state index contributed by atoms with van der Waals surface area (Å²) >= 11 is 0. The summed E-state index contributed by atoms with van der Waals surface area (Å²) in [6, 6.07) is 10.5. The Morgan fingerprint density at radius 3 is 2.67 bits per heavy atom. The molecular formula is C22H24F2N4O2. The lowest BCUT2D eigenvalue weighted by Crippen LogP contribution is -2.34. The van der Waals surface area contributed by atoms with Crippen molar-refractivity contribution < 1.29 is 18.3 Å². The van der Waals surface area contributed by atoms with E-state index in [9.17, 15) is 13.6 Å². The number of urea groups is 1. The lowest BCUT2D eigenvalue weighted by atomic mass is 10.2. The van der Waals surface area contributed by atoms with Crippen LogP contribution in [0.2, 0.25) is 0 Å². The Morgan fingerprint density at radius 1 is 1.13 bits per heavy atom. The van der Waals surface area contributed by atoms with Crippen LogP contribution in [0.15, 0.2) is 54.9 Å². The van der Waals surface area contributed by atoms with Crippen LogP contribution >= 0.6 is 0 Å². The van der Waals surface area contributed by atoms with Crippen LogP contribution in [0.4, 0.5) is 13.6 Å². The summed E-state index contributed by atoms with van der Waals surface area (Å²) in [7, 11) is 0. The highest BCUT2D eigenvalue weighted by Gasteiger charge is 2.10. The SMILES string of the molecule is CC(C)COc1ccccc1CNC(=O)NCc1cnn(-c2ccc(F)cc2F)c1. The van der Waals surface area contributed by atoms with Gasteiger partial charge in [0.25, 0.3) is 0 Å². The maximum atomic E-state index is 13.9. The summed E-state index contributed by atoms with van der Waals surface area (Å²) in [4.78, 5) is 12.1. The van der Waals surface area contributed by atoms with E-state index in [1.54, 1.807) is 6.20 Å². The minimum absolute atomic E-state index is 0.130. The number of halogens is 2. The van der Waals surface area contributed by atoms with Gasteiger partial charge in [0.05, 0.1) is 12.8 Å². The molecule has 0 aliphatic rings. The molecule has 2 aromatic carbocycles. The maximum absolute atomic E-state index is 13.9. The second-order valence-electron chi connectivity index (χ2n) is 7.24. The molecule has 1 heterocycles. The molecule has 1 aromatic heterocycles.